The van der Waals surface area contributed by atoms with Gasteiger partial charge >= 0.3 is 12.1 Å². The van der Waals surface area contributed by atoms with Gasteiger partial charge in [0.15, 0.2) is 10.8 Å². The topological polar surface area (TPSA) is 112 Å². The first-order chi connectivity index (χ1) is 14.8. The Morgan fingerprint density at radius 1 is 1.26 bits per heavy atom. The molecule has 0 radical (unpaired) electrons. The van der Waals surface area contributed by atoms with Gasteiger partial charge in [-0.25, -0.2) is 19.7 Å². The number of aromatic nitrogens is 3. The quantitative estimate of drug-likeness (QED) is 0.497. The molecule has 0 fully saturated rings. The molecule has 0 aliphatic carbocycles. The highest BCUT2D eigenvalue weighted by Crippen LogP contribution is 2.32. The molecule has 12 heteroatoms. The fourth-order valence-corrected chi connectivity index (χ4v) is 3.26. The molecule has 0 aliphatic heterocycles. The third-order valence-corrected chi connectivity index (χ3v) is 4.77. The van der Waals surface area contributed by atoms with Crippen LogP contribution in [-0.4, -0.2) is 34.6 Å². The maximum Gasteiger partial charge on any atom is 0.434 e. The van der Waals surface area contributed by atoms with Crippen molar-refractivity contribution >= 4 is 28.4 Å². The monoisotopic (exact) mass is 453 g/mol. The number of nitrogens with zero attached hydrogens (tertiary/aromatic N) is 3. The van der Waals surface area contributed by atoms with E-state index in [1.165, 1.54) is 0 Å². The molecule has 0 aliphatic rings. The third-order valence-electron chi connectivity index (χ3n) is 3.99. The molecule has 3 N–H and O–H groups in total. The Morgan fingerprint density at radius 2 is 2.00 bits per heavy atom. The van der Waals surface area contributed by atoms with Gasteiger partial charge in [-0.2, -0.15) is 13.2 Å². The first-order valence-electron chi connectivity index (χ1n) is 8.90. The molecule has 0 amide bonds. The van der Waals surface area contributed by atoms with E-state index >= 15 is 0 Å². The van der Waals surface area contributed by atoms with Gasteiger partial charge in [0, 0.05) is 11.6 Å². The van der Waals surface area contributed by atoms with Crippen LogP contribution in [0.4, 0.5) is 24.3 Å². The van der Waals surface area contributed by atoms with Crippen molar-refractivity contribution in [2.75, 3.05) is 19.0 Å². The molecule has 1 aromatic carbocycles. The Kier molecular flexibility index (Phi) is 7.15. The number of nitrogens with two attached hydrogens (primary N) is 1. The lowest BCUT2D eigenvalue weighted by Crippen LogP contribution is -2.18. The van der Waals surface area contributed by atoms with E-state index in [1.807, 2.05) is 30.3 Å². The van der Waals surface area contributed by atoms with E-state index in [9.17, 15) is 18.0 Å². The summed E-state index contributed by atoms with van der Waals surface area (Å²) in [6.45, 7) is 0.602. The molecule has 1 atom stereocenters. The van der Waals surface area contributed by atoms with Crippen molar-refractivity contribution in [3.63, 3.8) is 0 Å². The third kappa shape index (κ3) is 5.96. The molecule has 2 aromatic heterocycles. The summed E-state index contributed by atoms with van der Waals surface area (Å²) in [5.41, 5.74) is 5.40. The SMILES string of the molecule is COC(=O)c1cnc(Nc2nc(C(N)COCc3ccccc3)cs2)nc1C(F)(F)F. The van der Waals surface area contributed by atoms with Gasteiger partial charge in [-0.15, -0.1) is 11.3 Å². The molecule has 0 spiro atoms. The maximum absolute atomic E-state index is 13.2. The van der Waals surface area contributed by atoms with E-state index < -0.39 is 29.4 Å². The first kappa shape index (κ1) is 22.6. The maximum atomic E-state index is 13.2. The first-order valence-corrected chi connectivity index (χ1v) is 9.78. The minimum Gasteiger partial charge on any atom is -0.465 e. The van der Waals surface area contributed by atoms with Crippen LogP contribution in [0.25, 0.3) is 0 Å². The number of carbonyl (C=O) groups excluding carboxylic acids is 1. The number of methoxy groups -OCH3 is 1. The number of halogens is 3. The summed E-state index contributed by atoms with van der Waals surface area (Å²) in [5, 5.41) is 4.50. The van der Waals surface area contributed by atoms with Crippen molar-refractivity contribution in [3.8, 4) is 0 Å². The number of esters is 1. The van der Waals surface area contributed by atoms with E-state index in [0.29, 0.717) is 12.3 Å². The van der Waals surface area contributed by atoms with Gasteiger partial charge < -0.3 is 20.5 Å². The van der Waals surface area contributed by atoms with Gasteiger partial charge in [0.1, 0.15) is 5.56 Å². The van der Waals surface area contributed by atoms with Gasteiger partial charge in [0.2, 0.25) is 5.95 Å². The zero-order valence-electron chi connectivity index (χ0n) is 16.2. The van der Waals surface area contributed by atoms with Gasteiger partial charge in [0.05, 0.1) is 32.1 Å². The second kappa shape index (κ2) is 9.81. The van der Waals surface area contributed by atoms with Crippen molar-refractivity contribution in [2.45, 2.75) is 18.8 Å². The lowest BCUT2D eigenvalue weighted by atomic mass is 10.2. The molecular weight excluding hydrogens is 435 g/mol. The van der Waals surface area contributed by atoms with Crippen LogP contribution in [0.1, 0.15) is 33.4 Å². The molecule has 2 heterocycles. The number of thiazole rings is 1. The van der Waals surface area contributed by atoms with Crippen LogP contribution in [0.5, 0.6) is 0 Å². The minimum atomic E-state index is -4.87. The minimum absolute atomic E-state index is 0.209. The van der Waals surface area contributed by atoms with E-state index in [2.05, 4.69) is 25.0 Å². The predicted octanol–water partition coefficient (Wildman–Crippen LogP) is 3.70. The summed E-state index contributed by atoms with van der Waals surface area (Å²) in [5.74, 6) is -1.55. The van der Waals surface area contributed by atoms with Crippen molar-refractivity contribution in [3.05, 3.63) is 64.4 Å². The number of hydrogen-bond donors (Lipinski definition) is 2. The van der Waals surface area contributed by atoms with Crippen molar-refractivity contribution in [1.29, 1.82) is 0 Å². The zero-order valence-corrected chi connectivity index (χ0v) is 17.0. The highest BCUT2D eigenvalue weighted by Gasteiger charge is 2.38. The second-order valence-corrected chi connectivity index (χ2v) is 7.11. The fraction of sp³-hybridized carbons (Fsp3) is 0.263. The van der Waals surface area contributed by atoms with Crippen molar-refractivity contribution in [1.82, 2.24) is 15.0 Å². The molecule has 8 nitrogen and oxygen atoms in total. The van der Waals surface area contributed by atoms with E-state index in [4.69, 9.17) is 10.5 Å². The summed E-state index contributed by atoms with van der Waals surface area (Å²) in [7, 11) is 0.971. The van der Waals surface area contributed by atoms with Crippen molar-refractivity contribution < 1.29 is 27.4 Å². The van der Waals surface area contributed by atoms with Crippen molar-refractivity contribution in [2.24, 2.45) is 5.73 Å². The summed E-state index contributed by atoms with van der Waals surface area (Å²) in [4.78, 5) is 22.9. The van der Waals surface area contributed by atoms with Crippen LogP contribution in [0.15, 0.2) is 41.9 Å². The molecule has 0 saturated carbocycles. The van der Waals surface area contributed by atoms with Gasteiger partial charge in [-0.05, 0) is 5.56 Å². The van der Waals surface area contributed by atoms with Gasteiger partial charge in [-0.3, -0.25) is 0 Å². The molecule has 0 saturated heterocycles. The Morgan fingerprint density at radius 3 is 2.68 bits per heavy atom. The lowest BCUT2D eigenvalue weighted by Gasteiger charge is -2.11. The molecule has 164 valence electrons. The summed E-state index contributed by atoms with van der Waals surface area (Å²) >= 11 is 1.12. The standard InChI is InChI=1S/C19H18F3N5O3S/c1-29-16(28)12-7-24-17(26-15(12)19(20,21)22)27-18-25-14(10-31-18)13(23)9-30-8-11-5-3-2-4-6-11/h2-7,10,13H,8-9,23H2,1H3,(H,24,25,26,27). The highest BCUT2D eigenvalue weighted by atomic mass is 32.1. The van der Waals surface area contributed by atoms with E-state index in [1.54, 1.807) is 5.38 Å². The van der Waals surface area contributed by atoms with Crippen LogP contribution < -0.4 is 11.1 Å². The molecule has 1 unspecified atom stereocenters. The van der Waals surface area contributed by atoms with Crippen LogP contribution in [0, 0.1) is 0 Å². The lowest BCUT2D eigenvalue weighted by molar-refractivity contribution is -0.141. The Hall–Kier alpha value is -3.09. The predicted molar refractivity (Wildman–Crippen MR) is 107 cm³/mol. The fourth-order valence-electron chi connectivity index (χ4n) is 2.49. The van der Waals surface area contributed by atoms with E-state index in [-0.39, 0.29) is 17.7 Å². The number of alkyl halides is 3. The average molecular weight is 453 g/mol. The van der Waals surface area contributed by atoms with Gasteiger partial charge in [-0.1, -0.05) is 30.3 Å². The summed E-state index contributed by atoms with van der Waals surface area (Å²) in [6, 6.07) is 9.04. The van der Waals surface area contributed by atoms with Crippen LogP contribution in [0.3, 0.4) is 0 Å². The summed E-state index contributed by atoms with van der Waals surface area (Å²) in [6.07, 6.45) is -4.11. The smallest absolute Gasteiger partial charge is 0.434 e. The number of hydrogen-bond acceptors (Lipinski definition) is 9. The number of ether oxygens (including phenoxy) is 2. The Labute approximate surface area is 179 Å². The number of carbonyl (C=O) groups is 1. The molecule has 31 heavy (non-hydrogen) atoms. The molecule has 3 rings (SSSR count). The molecular formula is C19H18F3N5O3S. The summed E-state index contributed by atoms with van der Waals surface area (Å²) < 4.78 is 49.7. The largest absolute Gasteiger partial charge is 0.465 e. The Bertz CT molecular complexity index is 1030. The highest BCUT2D eigenvalue weighted by molar-refractivity contribution is 7.13. The number of nitrogens with one attached hydrogen (secondary N) is 1. The van der Waals surface area contributed by atoms with Crippen LogP contribution in [-0.2, 0) is 22.3 Å². The number of rotatable bonds is 8. The molecule has 3 aromatic rings. The second-order valence-electron chi connectivity index (χ2n) is 6.25. The molecule has 0 bridgehead atoms. The number of benzene rings is 1. The van der Waals surface area contributed by atoms with Crippen LogP contribution in [0.2, 0.25) is 0 Å². The average Bonchev–Trinajstić information content (AvgIpc) is 3.22. The Balaban J connectivity index is 1.65. The number of anilines is 2. The van der Waals surface area contributed by atoms with Crippen LogP contribution >= 0.6 is 11.3 Å². The normalized spacial score (nSPS) is 12.4. The zero-order chi connectivity index (χ0) is 22.4. The van der Waals surface area contributed by atoms with E-state index in [0.717, 1.165) is 30.2 Å². The van der Waals surface area contributed by atoms with Gasteiger partial charge in [0.25, 0.3) is 0 Å².